The van der Waals surface area contributed by atoms with Crippen LogP contribution in [-0.2, 0) is 9.53 Å². The maximum Gasteiger partial charge on any atom is 0.340 e. The van der Waals surface area contributed by atoms with Crippen LogP contribution in [0, 0.1) is 11.8 Å². The van der Waals surface area contributed by atoms with Gasteiger partial charge in [0.05, 0.1) is 20.3 Å². The number of ether oxygens (including phenoxy) is 3. The van der Waals surface area contributed by atoms with Crippen LogP contribution in [0.3, 0.4) is 0 Å². The maximum atomic E-state index is 12.3. The fourth-order valence-electron chi connectivity index (χ4n) is 2.48. The third-order valence-corrected chi connectivity index (χ3v) is 3.85. The predicted molar refractivity (Wildman–Crippen MR) is 105 cm³/mol. The van der Waals surface area contributed by atoms with Gasteiger partial charge in [0.1, 0.15) is 11.5 Å². The minimum atomic E-state index is -0.549. The van der Waals surface area contributed by atoms with E-state index in [1.807, 2.05) is 60.7 Å². The molecular formula is C23H18O4. The van der Waals surface area contributed by atoms with Crippen molar-refractivity contribution in [2.45, 2.75) is 0 Å². The van der Waals surface area contributed by atoms with E-state index in [1.165, 1.54) is 13.2 Å². The first-order valence-electron chi connectivity index (χ1n) is 8.31. The monoisotopic (exact) mass is 358 g/mol. The molecule has 3 aromatic rings. The quantitative estimate of drug-likeness (QED) is 0.229. The zero-order valence-electron chi connectivity index (χ0n) is 15.1. The Morgan fingerprint density at radius 2 is 1.67 bits per heavy atom. The van der Waals surface area contributed by atoms with E-state index in [-0.39, 0.29) is 5.76 Å². The van der Waals surface area contributed by atoms with Gasteiger partial charge in [-0.05, 0) is 41.6 Å². The van der Waals surface area contributed by atoms with Crippen molar-refractivity contribution in [2.75, 3.05) is 14.2 Å². The highest BCUT2D eigenvalue weighted by Gasteiger charge is 2.07. The topological polar surface area (TPSA) is 44.8 Å². The second-order valence-electron chi connectivity index (χ2n) is 5.59. The first-order chi connectivity index (χ1) is 13.2. The summed E-state index contributed by atoms with van der Waals surface area (Å²) in [5, 5.41) is 1.86. The summed E-state index contributed by atoms with van der Waals surface area (Å²) in [6, 6.07) is 20.5. The van der Waals surface area contributed by atoms with Crippen LogP contribution >= 0.6 is 0 Å². The van der Waals surface area contributed by atoms with Crippen LogP contribution in [-0.4, -0.2) is 20.2 Å². The summed E-state index contributed by atoms with van der Waals surface area (Å²) in [6.07, 6.45) is 1.23. The number of allylic oxidation sites excluding steroid dienone is 1. The molecule has 0 atom stereocenters. The van der Waals surface area contributed by atoms with E-state index < -0.39 is 5.97 Å². The number of hydrogen-bond donors (Lipinski definition) is 0. The van der Waals surface area contributed by atoms with Gasteiger partial charge in [0.15, 0.2) is 5.76 Å². The Hall–Kier alpha value is -3.71. The smallest absolute Gasteiger partial charge is 0.340 e. The molecule has 0 unspecified atom stereocenters. The molecule has 0 saturated carbocycles. The van der Waals surface area contributed by atoms with Gasteiger partial charge in [-0.15, -0.1) is 0 Å². The van der Waals surface area contributed by atoms with E-state index in [1.54, 1.807) is 13.2 Å². The Kier molecular flexibility index (Phi) is 5.76. The third-order valence-electron chi connectivity index (χ3n) is 3.85. The zero-order valence-corrected chi connectivity index (χ0v) is 15.1. The van der Waals surface area contributed by atoms with E-state index in [4.69, 9.17) is 14.2 Å². The number of benzene rings is 3. The van der Waals surface area contributed by atoms with Gasteiger partial charge in [-0.2, -0.15) is 0 Å². The SMILES string of the molecule is CO/C(C#Cc1ccc(OC)cc1)=C\C(=O)Oc1cccc2ccccc12. The molecule has 0 bridgehead atoms. The first-order valence-corrected chi connectivity index (χ1v) is 8.31. The lowest BCUT2D eigenvalue weighted by Crippen LogP contribution is -2.06. The summed E-state index contributed by atoms with van der Waals surface area (Å²) >= 11 is 0. The van der Waals surface area contributed by atoms with Crippen LogP contribution < -0.4 is 9.47 Å². The van der Waals surface area contributed by atoms with Crippen molar-refractivity contribution < 1.29 is 19.0 Å². The molecule has 0 radical (unpaired) electrons. The van der Waals surface area contributed by atoms with Crippen molar-refractivity contribution >= 4 is 16.7 Å². The summed E-state index contributed by atoms with van der Waals surface area (Å²) < 4.78 is 15.7. The highest BCUT2D eigenvalue weighted by molar-refractivity contribution is 5.92. The Bertz CT molecular complexity index is 1030. The van der Waals surface area contributed by atoms with Gasteiger partial charge in [0, 0.05) is 10.9 Å². The third kappa shape index (κ3) is 4.68. The van der Waals surface area contributed by atoms with E-state index in [2.05, 4.69) is 11.8 Å². The molecule has 0 fully saturated rings. The van der Waals surface area contributed by atoms with Crippen molar-refractivity contribution in [3.63, 3.8) is 0 Å². The van der Waals surface area contributed by atoms with Gasteiger partial charge in [-0.1, -0.05) is 42.3 Å². The van der Waals surface area contributed by atoms with Crippen LogP contribution in [0.1, 0.15) is 5.56 Å². The summed E-state index contributed by atoms with van der Waals surface area (Å²) in [4.78, 5) is 12.3. The minimum Gasteiger partial charge on any atom is -0.497 e. The Morgan fingerprint density at radius 1 is 0.926 bits per heavy atom. The molecule has 0 spiro atoms. The molecule has 0 aromatic heterocycles. The predicted octanol–water partition coefficient (Wildman–Crippen LogP) is 4.34. The summed E-state index contributed by atoms with van der Waals surface area (Å²) in [5.41, 5.74) is 0.779. The number of fused-ring (bicyclic) bond motifs is 1. The van der Waals surface area contributed by atoms with Gasteiger partial charge in [0.25, 0.3) is 0 Å². The largest absolute Gasteiger partial charge is 0.497 e. The molecule has 27 heavy (non-hydrogen) atoms. The molecule has 134 valence electrons. The molecule has 0 aliphatic rings. The van der Waals surface area contributed by atoms with Gasteiger partial charge < -0.3 is 14.2 Å². The molecule has 4 heteroatoms. The number of rotatable bonds is 4. The lowest BCUT2D eigenvalue weighted by Gasteiger charge is -2.06. The van der Waals surface area contributed by atoms with Crippen LogP contribution in [0.25, 0.3) is 10.8 Å². The highest BCUT2D eigenvalue weighted by Crippen LogP contribution is 2.25. The van der Waals surface area contributed by atoms with Crippen LogP contribution in [0.5, 0.6) is 11.5 Å². The van der Waals surface area contributed by atoms with E-state index in [9.17, 15) is 4.79 Å². The van der Waals surface area contributed by atoms with Crippen molar-refractivity contribution in [1.82, 2.24) is 0 Å². The first kappa shape index (κ1) is 18.1. The molecule has 4 nitrogen and oxygen atoms in total. The molecule has 3 aromatic carbocycles. The summed E-state index contributed by atoms with van der Waals surface area (Å²) in [7, 11) is 3.06. The standard InChI is InChI=1S/C23H18O4/c1-25-19-13-10-17(11-14-19)12-15-20(26-2)16-23(24)27-22-9-5-7-18-6-3-4-8-21(18)22/h3-11,13-14,16H,1-2H3/b20-16-. The molecule has 0 amide bonds. The molecule has 0 saturated heterocycles. The maximum absolute atomic E-state index is 12.3. The highest BCUT2D eigenvalue weighted by atomic mass is 16.5. The minimum absolute atomic E-state index is 0.219. The van der Waals surface area contributed by atoms with Crippen molar-refractivity contribution in [3.8, 4) is 23.3 Å². The fourth-order valence-corrected chi connectivity index (χ4v) is 2.48. The molecule has 0 N–H and O–H groups in total. The van der Waals surface area contributed by atoms with Gasteiger partial charge in [-0.3, -0.25) is 0 Å². The second kappa shape index (κ2) is 8.59. The lowest BCUT2D eigenvalue weighted by molar-refractivity contribution is -0.129. The van der Waals surface area contributed by atoms with Crippen LogP contribution in [0.15, 0.2) is 78.6 Å². The average molecular weight is 358 g/mol. The number of carbonyl (C=O) groups excluding carboxylic acids is 1. The van der Waals surface area contributed by atoms with Crippen LogP contribution in [0.4, 0.5) is 0 Å². The number of carbonyl (C=O) groups is 1. The van der Waals surface area contributed by atoms with E-state index in [0.717, 1.165) is 22.1 Å². The van der Waals surface area contributed by atoms with Gasteiger partial charge >= 0.3 is 5.97 Å². The van der Waals surface area contributed by atoms with Crippen LogP contribution in [0.2, 0.25) is 0 Å². The van der Waals surface area contributed by atoms with Crippen molar-refractivity contribution in [2.24, 2.45) is 0 Å². The molecule has 0 aliphatic heterocycles. The molecule has 3 rings (SSSR count). The normalized spacial score (nSPS) is 10.7. The molecule has 0 heterocycles. The molecular weight excluding hydrogens is 340 g/mol. The second-order valence-corrected chi connectivity index (χ2v) is 5.59. The lowest BCUT2D eigenvalue weighted by atomic mass is 10.1. The number of methoxy groups -OCH3 is 2. The number of hydrogen-bond acceptors (Lipinski definition) is 4. The van der Waals surface area contributed by atoms with E-state index >= 15 is 0 Å². The van der Waals surface area contributed by atoms with Crippen molar-refractivity contribution in [3.05, 3.63) is 84.1 Å². The Morgan fingerprint density at radius 3 is 2.41 bits per heavy atom. The summed E-state index contributed by atoms with van der Waals surface area (Å²) in [6.45, 7) is 0. The summed E-state index contributed by atoms with van der Waals surface area (Å²) in [5.74, 6) is 6.68. The van der Waals surface area contributed by atoms with Gasteiger partial charge in [-0.25, -0.2) is 4.79 Å². The Labute approximate surface area is 158 Å². The molecule has 0 aliphatic carbocycles. The average Bonchev–Trinajstić information content (AvgIpc) is 2.71. The van der Waals surface area contributed by atoms with Gasteiger partial charge in [0.2, 0.25) is 0 Å². The van der Waals surface area contributed by atoms with E-state index in [0.29, 0.717) is 5.75 Å². The zero-order chi connectivity index (χ0) is 19.1. The fraction of sp³-hybridized carbons (Fsp3) is 0.0870. The number of esters is 1. The Balaban J connectivity index is 1.77. The van der Waals surface area contributed by atoms with Crippen molar-refractivity contribution in [1.29, 1.82) is 0 Å².